The Hall–Kier alpha value is 0.270. The zero-order valence-electron chi connectivity index (χ0n) is 12.7. The summed E-state index contributed by atoms with van der Waals surface area (Å²) >= 11 is 2.18. The highest BCUT2D eigenvalue weighted by atomic mass is 32.2. The minimum absolute atomic E-state index is 0.541. The topological polar surface area (TPSA) is 21.3 Å². The summed E-state index contributed by atoms with van der Waals surface area (Å²) in [6, 6.07) is 0.740. The van der Waals surface area contributed by atoms with Crippen molar-refractivity contribution in [3.05, 3.63) is 0 Å². The molecule has 0 radical (unpaired) electrons. The molecule has 2 fully saturated rings. The fourth-order valence-corrected chi connectivity index (χ4v) is 5.17. The van der Waals surface area contributed by atoms with Crippen LogP contribution in [-0.2, 0) is 4.74 Å². The average molecular weight is 285 g/mol. The van der Waals surface area contributed by atoms with Crippen LogP contribution < -0.4 is 5.32 Å². The molecule has 112 valence electrons. The summed E-state index contributed by atoms with van der Waals surface area (Å²) in [5.74, 6) is 2.19. The Labute approximate surface area is 123 Å². The second kappa shape index (κ2) is 8.53. The van der Waals surface area contributed by atoms with Gasteiger partial charge in [0.1, 0.15) is 0 Å². The van der Waals surface area contributed by atoms with Crippen LogP contribution >= 0.6 is 11.8 Å². The molecule has 2 aliphatic rings. The zero-order chi connectivity index (χ0) is 13.5. The van der Waals surface area contributed by atoms with Gasteiger partial charge < -0.3 is 10.1 Å². The van der Waals surface area contributed by atoms with E-state index in [-0.39, 0.29) is 0 Å². The lowest BCUT2D eigenvalue weighted by Crippen LogP contribution is -2.43. The van der Waals surface area contributed by atoms with Gasteiger partial charge in [-0.2, -0.15) is 11.8 Å². The molecule has 2 nitrogen and oxygen atoms in total. The molecule has 0 spiro atoms. The van der Waals surface area contributed by atoms with Crippen LogP contribution in [0.4, 0.5) is 0 Å². The summed E-state index contributed by atoms with van der Waals surface area (Å²) in [5, 5.41) is 4.53. The molecule has 3 heteroatoms. The number of thioether (sulfide) groups is 1. The number of rotatable bonds is 7. The molecule has 0 aromatic heterocycles. The van der Waals surface area contributed by atoms with Crippen LogP contribution in [0.2, 0.25) is 0 Å². The van der Waals surface area contributed by atoms with Crippen LogP contribution in [0.5, 0.6) is 0 Å². The predicted octanol–water partition coefficient (Wildman–Crippen LogP) is 3.85. The first kappa shape index (κ1) is 15.7. The largest absolute Gasteiger partial charge is 0.377 e. The summed E-state index contributed by atoms with van der Waals surface area (Å²) in [4.78, 5) is 0. The highest BCUT2D eigenvalue weighted by Crippen LogP contribution is 2.35. The Bertz CT molecular complexity index is 243. The molecule has 0 bridgehead atoms. The van der Waals surface area contributed by atoms with Crippen molar-refractivity contribution >= 4 is 11.8 Å². The van der Waals surface area contributed by atoms with E-state index in [1.54, 1.807) is 0 Å². The fourth-order valence-electron chi connectivity index (χ4n) is 3.57. The third-order valence-corrected chi connectivity index (χ3v) is 6.10. The Kier molecular flexibility index (Phi) is 7.03. The lowest BCUT2D eigenvalue weighted by atomic mass is 9.83. The van der Waals surface area contributed by atoms with Crippen molar-refractivity contribution in [1.82, 2.24) is 5.32 Å². The SMILES string of the molecule is CCCC1CCC(NCC)C(SCC2CCCO2)C1. The number of nitrogens with one attached hydrogen (secondary N) is 1. The number of hydrogen-bond acceptors (Lipinski definition) is 3. The molecule has 0 aromatic rings. The van der Waals surface area contributed by atoms with Crippen LogP contribution in [0.25, 0.3) is 0 Å². The molecule has 0 aromatic carbocycles. The van der Waals surface area contributed by atoms with Gasteiger partial charge in [-0.05, 0) is 44.6 Å². The summed E-state index contributed by atoms with van der Waals surface area (Å²) in [6.07, 6.45) is 10.1. The number of ether oxygens (including phenoxy) is 1. The van der Waals surface area contributed by atoms with Crippen molar-refractivity contribution in [2.75, 3.05) is 18.9 Å². The molecule has 1 saturated carbocycles. The van der Waals surface area contributed by atoms with Gasteiger partial charge in [0.25, 0.3) is 0 Å². The molecule has 4 unspecified atom stereocenters. The molecule has 19 heavy (non-hydrogen) atoms. The van der Waals surface area contributed by atoms with E-state index in [1.165, 1.54) is 50.7 Å². The average Bonchev–Trinajstić information content (AvgIpc) is 2.92. The van der Waals surface area contributed by atoms with E-state index in [0.717, 1.165) is 30.4 Å². The van der Waals surface area contributed by atoms with Crippen LogP contribution in [-0.4, -0.2) is 36.3 Å². The fraction of sp³-hybridized carbons (Fsp3) is 1.00. The van der Waals surface area contributed by atoms with E-state index in [1.807, 2.05) is 0 Å². The lowest BCUT2D eigenvalue weighted by molar-refractivity contribution is 0.128. The van der Waals surface area contributed by atoms with Gasteiger partial charge >= 0.3 is 0 Å². The standard InChI is InChI=1S/C16H31NOS/c1-3-6-13-8-9-15(17-4-2)16(11-13)19-12-14-7-5-10-18-14/h13-17H,3-12H2,1-2H3. The van der Waals surface area contributed by atoms with Crippen molar-refractivity contribution in [3.8, 4) is 0 Å². The molecule has 0 amide bonds. The second-order valence-electron chi connectivity index (χ2n) is 6.14. The molecule has 1 aliphatic heterocycles. The van der Waals surface area contributed by atoms with Crippen molar-refractivity contribution in [2.45, 2.75) is 76.2 Å². The highest BCUT2D eigenvalue weighted by Gasteiger charge is 2.30. The predicted molar refractivity (Wildman–Crippen MR) is 84.9 cm³/mol. The van der Waals surface area contributed by atoms with E-state index >= 15 is 0 Å². The third kappa shape index (κ3) is 4.95. The first-order chi connectivity index (χ1) is 9.33. The van der Waals surface area contributed by atoms with Gasteiger partial charge in [0.15, 0.2) is 0 Å². The van der Waals surface area contributed by atoms with Crippen LogP contribution in [0.15, 0.2) is 0 Å². The summed E-state index contributed by atoms with van der Waals surface area (Å²) < 4.78 is 5.77. The quantitative estimate of drug-likeness (QED) is 0.768. The van der Waals surface area contributed by atoms with Crippen molar-refractivity contribution < 1.29 is 4.74 Å². The van der Waals surface area contributed by atoms with Gasteiger partial charge in [-0.3, -0.25) is 0 Å². The summed E-state index contributed by atoms with van der Waals surface area (Å²) in [7, 11) is 0. The Morgan fingerprint density at radius 2 is 2.11 bits per heavy atom. The maximum absolute atomic E-state index is 5.77. The minimum atomic E-state index is 0.541. The van der Waals surface area contributed by atoms with E-state index in [9.17, 15) is 0 Å². The van der Waals surface area contributed by atoms with Gasteiger partial charge in [-0.15, -0.1) is 0 Å². The van der Waals surface area contributed by atoms with Crippen molar-refractivity contribution in [3.63, 3.8) is 0 Å². The van der Waals surface area contributed by atoms with Gasteiger partial charge in [-0.1, -0.05) is 26.7 Å². The molecule has 1 N–H and O–H groups in total. The molecular formula is C16H31NOS. The minimum Gasteiger partial charge on any atom is -0.377 e. The second-order valence-corrected chi connectivity index (χ2v) is 7.41. The monoisotopic (exact) mass is 285 g/mol. The van der Waals surface area contributed by atoms with Gasteiger partial charge in [0, 0.05) is 23.7 Å². The molecule has 2 rings (SSSR count). The van der Waals surface area contributed by atoms with E-state index in [2.05, 4.69) is 30.9 Å². The van der Waals surface area contributed by atoms with E-state index in [0.29, 0.717) is 6.10 Å². The normalized spacial score (nSPS) is 35.7. The van der Waals surface area contributed by atoms with E-state index < -0.39 is 0 Å². The highest BCUT2D eigenvalue weighted by molar-refractivity contribution is 8.00. The first-order valence-corrected chi connectivity index (χ1v) is 9.35. The van der Waals surface area contributed by atoms with E-state index in [4.69, 9.17) is 4.74 Å². The maximum Gasteiger partial charge on any atom is 0.0666 e. The smallest absolute Gasteiger partial charge is 0.0666 e. The summed E-state index contributed by atoms with van der Waals surface area (Å²) in [6.45, 7) is 6.66. The molecule has 4 atom stereocenters. The molecule has 1 aliphatic carbocycles. The Balaban J connectivity index is 1.79. The summed E-state index contributed by atoms with van der Waals surface area (Å²) in [5.41, 5.74) is 0. The van der Waals surface area contributed by atoms with Crippen LogP contribution in [0.1, 0.15) is 58.8 Å². The molecule has 1 saturated heterocycles. The van der Waals surface area contributed by atoms with Crippen LogP contribution in [0, 0.1) is 5.92 Å². The first-order valence-electron chi connectivity index (χ1n) is 8.30. The third-order valence-electron chi connectivity index (χ3n) is 4.58. The Morgan fingerprint density at radius 1 is 1.21 bits per heavy atom. The van der Waals surface area contributed by atoms with Gasteiger partial charge in [-0.25, -0.2) is 0 Å². The lowest BCUT2D eigenvalue weighted by Gasteiger charge is -2.36. The van der Waals surface area contributed by atoms with Crippen molar-refractivity contribution in [2.24, 2.45) is 5.92 Å². The van der Waals surface area contributed by atoms with Crippen LogP contribution in [0.3, 0.4) is 0 Å². The molecular weight excluding hydrogens is 254 g/mol. The maximum atomic E-state index is 5.77. The van der Waals surface area contributed by atoms with Gasteiger partial charge in [0.2, 0.25) is 0 Å². The van der Waals surface area contributed by atoms with Crippen molar-refractivity contribution in [1.29, 1.82) is 0 Å². The molecule has 1 heterocycles. The zero-order valence-corrected chi connectivity index (χ0v) is 13.5. The Morgan fingerprint density at radius 3 is 2.79 bits per heavy atom. The van der Waals surface area contributed by atoms with Gasteiger partial charge in [0.05, 0.1) is 6.10 Å². The number of hydrogen-bond donors (Lipinski definition) is 1.